The summed E-state index contributed by atoms with van der Waals surface area (Å²) in [5.41, 5.74) is 8.29. The van der Waals surface area contributed by atoms with Gasteiger partial charge in [0.15, 0.2) is 11.5 Å². The Balaban J connectivity index is 1.51. The van der Waals surface area contributed by atoms with Crippen LogP contribution in [0.15, 0.2) is 18.5 Å². The van der Waals surface area contributed by atoms with Crippen molar-refractivity contribution in [3.05, 3.63) is 34.7 Å². The first-order valence-corrected chi connectivity index (χ1v) is 10.7. The number of hydrogen-bond acceptors (Lipinski definition) is 8. The van der Waals surface area contributed by atoms with Crippen molar-refractivity contribution in [3.63, 3.8) is 0 Å². The number of ether oxygens (including phenoxy) is 2. The van der Waals surface area contributed by atoms with Gasteiger partial charge >= 0.3 is 6.01 Å². The maximum atomic E-state index is 6.44. The van der Waals surface area contributed by atoms with Crippen molar-refractivity contribution in [1.82, 2.24) is 29.9 Å². The van der Waals surface area contributed by atoms with Crippen molar-refractivity contribution in [2.24, 2.45) is 0 Å². The summed E-state index contributed by atoms with van der Waals surface area (Å²) in [6.07, 6.45) is 8.02. The van der Waals surface area contributed by atoms with Crippen LogP contribution in [0.4, 0.5) is 5.82 Å². The van der Waals surface area contributed by atoms with E-state index < -0.39 is 0 Å². The number of halogens is 1. The first-order valence-electron chi connectivity index (χ1n) is 10.3. The average Bonchev–Trinajstić information content (AvgIpc) is 3.14. The molecule has 1 aliphatic heterocycles. The first kappa shape index (κ1) is 20.6. The molecule has 1 aliphatic rings. The number of hydrogen-bond donors (Lipinski definition) is 2. The van der Waals surface area contributed by atoms with Crippen molar-refractivity contribution >= 4 is 23.1 Å². The van der Waals surface area contributed by atoms with Crippen LogP contribution in [0, 0.1) is 0 Å². The first-order chi connectivity index (χ1) is 14.6. The number of pyridine rings is 1. The van der Waals surface area contributed by atoms with Gasteiger partial charge in [0.05, 0.1) is 18.5 Å². The zero-order valence-electron chi connectivity index (χ0n) is 17.0. The molecule has 160 valence electrons. The van der Waals surface area contributed by atoms with Gasteiger partial charge in [-0.15, -0.1) is 5.10 Å². The van der Waals surface area contributed by atoms with Gasteiger partial charge < -0.3 is 20.5 Å². The Labute approximate surface area is 180 Å². The van der Waals surface area contributed by atoms with E-state index in [0.29, 0.717) is 29.6 Å². The molecular formula is C20H26ClN7O2. The number of fused-ring (bicyclic) bond motifs is 1. The summed E-state index contributed by atoms with van der Waals surface area (Å²) in [5.74, 6) is 0.758. The molecule has 30 heavy (non-hydrogen) atoms. The third kappa shape index (κ3) is 4.73. The highest BCUT2D eigenvalue weighted by Crippen LogP contribution is 2.26. The normalized spacial score (nSPS) is 14.9. The minimum absolute atomic E-state index is 0.145. The molecule has 0 saturated carbocycles. The molecule has 10 heteroatoms. The third-order valence-corrected chi connectivity index (χ3v) is 5.25. The number of nitrogens with zero attached hydrogens (tertiary/aromatic N) is 5. The zero-order valence-corrected chi connectivity index (χ0v) is 17.7. The van der Waals surface area contributed by atoms with Crippen molar-refractivity contribution < 1.29 is 9.47 Å². The van der Waals surface area contributed by atoms with Crippen LogP contribution >= 0.6 is 11.6 Å². The number of nitrogens with two attached hydrogens (primary N) is 1. The molecule has 0 unspecified atom stereocenters. The van der Waals surface area contributed by atoms with Crippen LogP contribution in [0.2, 0.25) is 5.02 Å². The number of nitrogens with one attached hydrogen (secondary N) is 1. The summed E-state index contributed by atoms with van der Waals surface area (Å²) in [7, 11) is 0. The lowest BCUT2D eigenvalue weighted by molar-refractivity contribution is 0.156. The Morgan fingerprint density at radius 1 is 1.27 bits per heavy atom. The van der Waals surface area contributed by atoms with Gasteiger partial charge in [-0.3, -0.25) is 0 Å². The third-order valence-electron chi connectivity index (χ3n) is 4.98. The Hall–Kier alpha value is -2.65. The van der Waals surface area contributed by atoms with Gasteiger partial charge in [0.25, 0.3) is 0 Å². The van der Waals surface area contributed by atoms with E-state index in [1.54, 1.807) is 16.9 Å². The van der Waals surface area contributed by atoms with Gasteiger partial charge in [0.1, 0.15) is 11.1 Å². The van der Waals surface area contributed by atoms with Crippen LogP contribution in [0.5, 0.6) is 11.9 Å². The molecule has 3 N–H and O–H groups in total. The van der Waals surface area contributed by atoms with Gasteiger partial charge in [0, 0.05) is 12.6 Å². The minimum atomic E-state index is 0.145. The van der Waals surface area contributed by atoms with Crippen LogP contribution in [0.1, 0.15) is 43.9 Å². The second kappa shape index (κ2) is 9.44. The number of piperidine rings is 1. The number of anilines is 1. The fraction of sp³-hybridized carbons (Fsp3) is 0.500. The molecule has 4 heterocycles. The van der Waals surface area contributed by atoms with E-state index in [-0.39, 0.29) is 17.9 Å². The van der Waals surface area contributed by atoms with Crippen molar-refractivity contribution in [1.29, 1.82) is 0 Å². The summed E-state index contributed by atoms with van der Waals surface area (Å²) < 4.78 is 13.2. The van der Waals surface area contributed by atoms with Crippen molar-refractivity contribution in [3.8, 4) is 11.9 Å². The van der Waals surface area contributed by atoms with Gasteiger partial charge in [0.2, 0.25) is 5.88 Å². The molecule has 0 aromatic carbocycles. The van der Waals surface area contributed by atoms with E-state index in [1.165, 1.54) is 0 Å². The van der Waals surface area contributed by atoms with E-state index in [2.05, 4.69) is 32.3 Å². The predicted molar refractivity (Wildman–Crippen MR) is 114 cm³/mol. The Bertz CT molecular complexity index is 1000. The lowest BCUT2D eigenvalue weighted by Gasteiger charge is -2.23. The fourth-order valence-electron chi connectivity index (χ4n) is 3.35. The Morgan fingerprint density at radius 2 is 2.10 bits per heavy atom. The van der Waals surface area contributed by atoms with Crippen LogP contribution < -0.4 is 20.5 Å². The van der Waals surface area contributed by atoms with Crippen molar-refractivity contribution in [2.75, 3.05) is 25.4 Å². The van der Waals surface area contributed by atoms with Gasteiger partial charge in [-0.05, 0) is 44.0 Å². The Kier molecular flexibility index (Phi) is 6.49. The SMILES string of the molecule is CCCCOc1nc(N)c2ncc(Cc3cnc(OC4CCNCC4)c(Cl)c3)n2n1. The largest absolute Gasteiger partial charge is 0.473 e. The number of aromatic nitrogens is 5. The van der Waals surface area contributed by atoms with E-state index in [9.17, 15) is 0 Å². The molecule has 9 nitrogen and oxygen atoms in total. The second-order valence-electron chi connectivity index (χ2n) is 7.34. The molecular weight excluding hydrogens is 406 g/mol. The molecule has 0 amide bonds. The van der Waals surface area contributed by atoms with Crippen LogP contribution in [-0.4, -0.2) is 50.4 Å². The molecule has 4 rings (SSSR count). The number of unbranched alkanes of at least 4 members (excludes halogenated alkanes) is 1. The fourth-order valence-corrected chi connectivity index (χ4v) is 3.58. The average molecular weight is 432 g/mol. The van der Waals surface area contributed by atoms with Crippen LogP contribution in [0.3, 0.4) is 0 Å². The molecule has 0 aliphatic carbocycles. The predicted octanol–water partition coefficient (Wildman–Crippen LogP) is 2.66. The smallest absolute Gasteiger partial charge is 0.336 e. The van der Waals surface area contributed by atoms with E-state index in [4.69, 9.17) is 26.8 Å². The molecule has 0 bridgehead atoms. The molecule has 3 aromatic rings. The summed E-state index contributed by atoms with van der Waals surface area (Å²) in [6.45, 7) is 4.54. The molecule has 3 aromatic heterocycles. The summed E-state index contributed by atoms with van der Waals surface area (Å²) in [4.78, 5) is 13.0. The highest BCUT2D eigenvalue weighted by atomic mass is 35.5. The zero-order chi connectivity index (χ0) is 20.9. The monoisotopic (exact) mass is 431 g/mol. The van der Waals surface area contributed by atoms with E-state index in [0.717, 1.165) is 50.0 Å². The van der Waals surface area contributed by atoms with Gasteiger partial charge in [-0.1, -0.05) is 24.9 Å². The Morgan fingerprint density at radius 3 is 2.87 bits per heavy atom. The van der Waals surface area contributed by atoms with Crippen LogP contribution in [-0.2, 0) is 6.42 Å². The summed E-state index contributed by atoms with van der Waals surface area (Å²) in [5, 5.41) is 8.25. The number of nitrogen functional groups attached to an aromatic ring is 1. The standard InChI is InChI=1S/C20H26ClN7O2/c1-2-3-8-29-20-26-17(22)18-24-12-14(28(18)27-20)9-13-10-16(21)19(25-11-13)30-15-4-6-23-7-5-15/h10-12,15,23H,2-9H2,1H3,(H2,22,26,27). The highest BCUT2D eigenvalue weighted by Gasteiger charge is 2.18. The minimum Gasteiger partial charge on any atom is -0.473 e. The maximum absolute atomic E-state index is 6.44. The maximum Gasteiger partial charge on any atom is 0.336 e. The topological polar surface area (TPSA) is 112 Å². The molecule has 0 spiro atoms. The summed E-state index contributed by atoms with van der Waals surface area (Å²) in [6, 6.07) is 2.11. The summed E-state index contributed by atoms with van der Waals surface area (Å²) >= 11 is 6.44. The number of rotatable bonds is 8. The quantitative estimate of drug-likeness (QED) is 0.523. The molecule has 1 saturated heterocycles. The van der Waals surface area contributed by atoms with E-state index >= 15 is 0 Å². The molecule has 0 atom stereocenters. The highest BCUT2D eigenvalue weighted by molar-refractivity contribution is 6.31. The van der Waals surface area contributed by atoms with Gasteiger partial charge in [-0.2, -0.15) is 4.98 Å². The second-order valence-corrected chi connectivity index (χ2v) is 7.75. The lowest BCUT2D eigenvalue weighted by Crippen LogP contribution is -2.34. The number of imidazole rings is 1. The van der Waals surface area contributed by atoms with E-state index in [1.807, 2.05) is 6.07 Å². The van der Waals surface area contributed by atoms with Crippen molar-refractivity contribution in [2.45, 2.75) is 45.1 Å². The lowest BCUT2D eigenvalue weighted by atomic mass is 10.1. The molecule has 0 radical (unpaired) electrons. The van der Waals surface area contributed by atoms with Crippen LogP contribution in [0.25, 0.3) is 5.65 Å². The van der Waals surface area contributed by atoms with Gasteiger partial charge in [-0.25, -0.2) is 14.5 Å². The molecule has 1 fully saturated rings.